The van der Waals surface area contributed by atoms with Crippen LogP contribution in [0.3, 0.4) is 0 Å². The maximum Gasteiger partial charge on any atom is 0.244 e. The fourth-order valence-electron chi connectivity index (χ4n) is 4.77. The van der Waals surface area contributed by atoms with E-state index in [1.54, 1.807) is 0 Å². The number of ketones is 1. The maximum absolute atomic E-state index is 12.0. The molecule has 3 rings (SSSR count). The fourth-order valence-corrected chi connectivity index (χ4v) is 4.77. The van der Waals surface area contributed by atoms with E-state index < -0.39 is 0 Å². The number of hydrogen-bond donors (Lipinski definition) is 2. The average Bonchev–Trinajstić information content (AvgIpc) is 3.49. The van der Waals surface area contributed by atoms with Crippen LogP contribution in [0.2, 0.25) is 0 Å². The largest absolute Gasteiger partial charge is 0.373 e. The number of primary amides is 1. The minimum Gasteiger partial charge on any atom is -0.373 e. The summed E-state index contributed by atoms with van der Waals surface area (Å²) in [7, 11) is 0. The molecule has 0 bridgehead atoms. The Morgan fingerprint density at radius 1 is 1.09 bits per heavy atom. The lowest BCUT2D eigenvalue weighted by Crippen LogP contribution is -2.50. The first-order valence-electron chi connectivity index (χ1n) is 12.1. The van der Waals surface area contributed by atoms with Crippen molar-refractivity contribution in [3.8, 4) is 0 Å². The molecule has 1 spiro atoms. The summed E-state index contributed by atoms with van der Waals surface area (Å²) in [6, 6.07) is -0.0888. The van der Waals surface area contributed by atoms with Crippen molar-refractivity contribution in [1.29, 1.82) is 0 Å². The maximum atomic E-state index is 12.0. The summed E-state index contributed by atoms with van der Waals surface area (Å²) in [6.45, 7) is 8.27. The van der Waals surface area contributed by atoms with Gasteiger partial charge >= 0.3 is 0 Å². The second-order valence-electron chi connectivity index (χ2n) is 10.0. The zero-order valence-corrected chi connectivity index (χ0v) is 20.6. The highest BCUT2D eigenvalue weighted by atomic mass is 16.6. The lowest BCUT2D eigenvalue weighted by molar-refractivity contribution is -0.125. The van der Waals surface area contributed by atoms with Crippen molar-refractivity contribution in [3.63, 3.8) is 0 Å². The molecule has 0 aliphatic carbocycles. The molecule has 3 fully saturated rings. The van der Waals surface area contributed by atoms with Gasteiger partial charge in [-0.3, -0.25) is 14.4 Å². The number of epoxide rings is 1. The van der Waals surface area contributed by atoms with Crippen molar-refractivity contribution in [3.05, 3.63) is 36.0 Å². The van der Waals surface area contributed by atoms with Crippen LogP contribution in [-0.2, 0) is 28.6 Å². The van der Waals surface area contributed by atoms with Gasteiger partial charge < -0.3 is 25.3 Å². The molecule has 0 saturated carbocycles. The van der Waals surface area contributed by atoms with Crippen molar-refractivity contribution in [2.24, 2.45) is 11.7 Å². The zero-order valence-electron chi connectivity index (χ0n) is 20.6. The first kappa shape index (κ1) is 26.3. The van der Waals surface area contributed by atoms with Gasteiger partial charge in [-0.15, -0.1) is 0 Å². The highest BCUT2D eigenvalue weighted by molar-refractivity contribution is 5.96. The number of nitrogens with two attached hydrogens (primary N) is 1. The smallest absolute Gasteiger partial charge is 0.244 e. The van der Waals surface area contributed by atoms with E-state index in [0.717, 1.165) is 31.3 Å². The highest BCUT2D eigenvalue weighted by Gasteiger charge is 2.51. The van der Waals surface area contributed by atoms with Crippen molar-refractivity contribution >= 4 is 17.6 Å². The number of ether oxygens (including phenoxy) is 3. The van der Waals surface area contributed by atoms with Gasteiger partial charge in [-0.25, -0.2) is 0 Å². The second-order valence-corrected chi connectivity index (χ2v) is 10.0. The molecule has 8 nitrogen and oxygen atoms in total. The standard InChI is InChI=1S/C26H38N2O6/c1-16(5-8-20-13-26(15-32-26)14-21(34-20)12-24(27)30)6-9-23-17(2)11-22(19(4)33-23)28-25(31)10-7-18(3)29/h5-8,10,17,19-23H,9,11-15H2,1-4H3,(H2,27,30)(H,28,31)/b8-5+,10-7-,16-6+/t17-,19+,20+,21+,22+,23-,26+/m0/s1. The van der Waals surface area contributed by atoms with Crippen molar-refractivity contribution in [2.45, 2.75) is 95.9 Å². The molecule has 3 heterocycles. The van der Waals surface area contributed by atoms with E-state index in [1.165, 1.54) is 19.1 Å². The van der Waals surface area contributed by atoms with Crippen LogP contribution in [-0.4, -0.2) is 60.3 Å². The van der Waals surface area contributed by atoms with E-state index in [-0.39, 0.29) is 66.0 Å². The number of rotatable bonds is 9. The van der Waals surface area contributed by atoms with E-state index in [4.69, 9.17) is 19.9 Å². The van der Waals surface area contributed by atoms with Crippen LogP contribution in [0.4, 0.5) is 0 Å². The Hall–Kier alpha value is -2.29. The van der Waals surface area contributed by atoms with Crippen LogP contribution in [0, 0.1) is 5.92 Å². The van der Waals surface area contributed by atoms with Crippen LogP contribution in [0.15, 0.2) is 36.0 Å². The first-order chi connectivity index (χ1) is 16.0. The SMILES string of the molecule is CC(=O)/C=C\C(=O)N[C@@H]1C[C@H](C)[C@H](C/C=C(C)/C=C/[C@@H]2C[C@]3(CO3)C[C@@H](CC(N)=O)O2)O[C@@H]1C. The Morgan fingerprint density at radius 2 is 1.82 bits per heavy atom. The predicted octanol–water partition coefficient (Wildman–Crippen LogP) is 2.51. The van der Waals surface area contributed by atoms with Crippen molar-refractivity contribution < 1.29 is 28.6 Å². The van der Waals surface area contributed by atoms with Crippen LogP contribution in [0.25, 0.3) is 0 Å². The molecule has 2 amide bonds. The van der Waals surface area contributed by atoms with Crippen LogP contribution in [0.1, 0.15) is 59.8 Å². The van der Waals surface area contributed by atoms with Gasteiger partial charge in [-0.2, -0.15) is 0 Å². The highest BCUT2D eigenvalue weighted by Crippen LogP contribution is 2.43. The summed E-state index contributed by atoms with van der Waals surface area (Å²) >= 11 is 0. The molecule has 3 aliphatic rings. The van der Waals surface area contributed by atoms with Crippen LogP contribution >= 0.6 is 0 Å². The molecule has 7 atom stereocenters. The Bertz CT molecular complexity index is 859. The third-order valence-corrected chi connectivity index (χ3v) is 6.78. The molecule has 3 aliphatic heterocycles. The Balaban J connectivity index is 1.49. The van der Waals surface area contributed by atoms with Crippen LogP contribution in [0.5, 0.6) is 0 Å². The van der Waals surface area contributed by atoms with Crippen LogP contribution < -0.4 is 11.1 Å². The number of amides is 2. The Morgan fingerprint density at radius 3 is 2.47 bits per heavy atom. The second kappa shape index (κ2) is 11.4. The molecular formula is C26H38N2O6. The summed E-state index contributed by atoms with van der Waals surface area (Å²) in [4.78, 5) is 34.3. The Kier molecular flexibility index (Phi) is 8.84. The quantitative estimate of drug-likeness (QED) is 0.301. The van der Waals surface area contributed by atoms with Gasteiger partial charge in [0.25, 0.3) is 0 Å². The number of carbonyl (C=O) groups excluding carboxylic acids is 3. The molecule has 34 heavy (non-hydrogen) atoms. The zero-order chi connectivity index (χ0) is 24.9. The molecule has 0 aromatic rings. The predicted molar refractivity (Wildman–Crippen MR) is 128 cm³/mol. The summed E-state index contributed by atoms with van der Waals surface area (Å²) < 4.78 is 17.9. The minimum absolute atomic E-state index is 0.0632. The summed E-state index contributed by atoms with van der Waals surface area (Å²) in [5, 5.41) is 2.94. The molecule has 8 heteroatoms. The summed E-state index contributed by atoms with van der Waals surface area (Å²) in [6.07, 6.45) is 11.7. The molecule has 0 aromatic carbocycles. The average molecular weight is 475 g/mol. The topological polar surface area (TPSA) is 120 Å². The number of hydrogen-bond acceptors (Lipinski definition) is 6. The lowest BCUT2D eigenvalue weighted by atomic mass is 9.88. The third-order valence-electron chi connectivity index (χ3n) is 6.78. The number of carbonyl (C=O) groups is 3. The normalized spacial score (nSPS) is 36.2. The van der Waals surface area contributed by atoms with Gasteiger partial charge in [0.05, 0.1) is 49.1 Å². The molecule has 0 radical (unpaired) electrons. The van der Waals surface area contributed by atoms with Gasteiger partial charge in [0.1, 0.15) is 0 Å². The molecule has 188 valence electrons. The molecule has 0 aromatic heterocycles. The number of nitrogens with one attached hydrogen (secondary N) is 1. The van der Waals surface area contributed by atoms with Gasteiger partial charge in [-0.05, 0) is 45.6 Å². The van der Waals surface area contributed by atoms with Gasteiger partial charge in [0.2, 0.25) is 11.8 Å². The van der Waals surface area contributed by atoms with Gasteiger partial charge in [0.15, 0.2) is 5.78 Å². The molecule has 3 N–H and O–H groups in total. The third kappa shape index (κ3) is 7.89. The number of allylic oxidation sites excluding steroid dienone is 3. The fraction of sp³-hybridized carbons (Fsp3) is 0.654. The molecule has 0 unspecified atom stereocenters. The van der Waals surface area contributed by atoms with E-state index in [1.807, 2.05) is 19.9 Å². The van der Waals surface area contributed by atoms with E-state index in [9.17, 15) is 14.4 Å². The van der Waals surface area contributed by atoms with Crippen molar-refractivity contribution in [1.82, 2.24) is 5.32 Å². The van der Waals surface area contributed by atoms with Gasteiger partial charge in [-0.1, -0.05) is 30.7 Å². The molecular weight excluding hydrogens is 436 g/mol. The van der Waals surface area contributed by atoms with Crippen molar-refractivity contribution in [2.75, 3.05) is 6.61 Å². The minimum atomic E-state index is -0.355. The van der Waals surface area contributed by atoms with E-state index in [2.05, 4.69) is 24.4 Å². The van der Waals surface area contributed by atoms with E-state index in [0.29, 0.717) is 6.61 Å². The van der Waals surface area contributed by atoms with E-state index >= 15 is 0 Å². The monoisotopic (exact) mass is 474 g/mol. The van der Waals surface area contributed by atoms with Gasteiger partial charge in [0, 0.05) is 18.9 Å². The Labute approximate surface area is 201 Å². The summed E-state index contributed by atoms with van der Waals surface area (Å²) in [5.41, 5.74) is 6.31. The molecule has 3 saturated heterocycles. The lowest BCUT2D eigenvalue weighted by Gasteiger charge is -2.39. The first-order valence-corrected chi connectivity index (χ1v) is 12.1. The summed E-state index contributed by atoms with van der Waals surface area (Å²) in [5.74, 6) is -0.515.